The van der Waals surface area contributed by atoms with Crippen molar-refractivity contribution in [2.75, 3.05) is 39.5 Å². The quantitative estimate of drug-likeness (QED) is 0.0511. The van der Waals surface area contributed by atoms with Crippen LogP contribution in [0.4, 0.5) is 17.6 Å². The van der Waals surface area contributed by atoms with Crippen LogP contribution < -0.4 is 0 Å². The molecule has 0 aromatic heterocycles. The van der Waals surface area contributed by atoms with Crippen LogP contribution in [0.1, 0.15) is 131 Å². The first-order valence-corrected chi connectivity index (χ1v) is 21.5. The summed E-state index contributed by atoms with van der Waals surface area (Å²) >= 11 is 0. The number of ether oxygens (including phenoxy) is 2. The molecule has 6 nitrogen and oxygen atoms in total. The second-order valence-corrected chi connectivity index (χ2v) is 16.0. The number of carbonyl (C=O) groups excluding carboxylic acids is 2. The Kier molecular flexibility index (Phi) is 31.5. The summed E-state index contributed by atoms with van der Waals surface area (Å²) in [5.41, 5.74) is -0.539. The predicted octanol–water partition coefficient (Wildman–Crippen LogP) is 12.1. The van der Waals surface area contributed by atoms with E-state index in [1.165, 1.54) is 12.1 Å². The minimum atomic E-state index is -0.752. The first kappa shape index (κ1) is 57.7. The van der Waals surface area contributed by atoms with E-state index in [1.807, 2.05) is 78.0 Å². The molecule has 0 spiro atoms. The van der Waals surface area contributed by atoms with Gasteiger partial charge in [0.15, 0.2) is 0 Å². The molecule has 0 bridgehead atoms. The molecule has 2 aromatic carbocycles. The normalized spacial score (nSPS) is 12.4. The summed E-state index contributed by atoms with van der Waals surface area (Å²) in [7, 11) is 0. The van der Waals surface area contributed by atoms with Crippen LogP contribution >= 0.6 is 0 Å². The summed E-state index contributed by atoms with van der Waals surface area (Å²) in [4.78, 5) is 29.0. The van der Waals surface area contributed by atoms with E-state index in [0.717, 1.165) is 76.3 Å². The molecule has 0 N–H and O–H groups in total. The summed E-state index contributed by atoms with van der Waals surface area (Å²) in [5.74, 6) is -3.08. The maximum Gasteiger partial charge on any atom is 4.00 e. The maximum atomic E-state index is 13.9. The van der Waals surface area contributed by atoms with E-state index in [0.29, 0.717) is 39.5 Å². The number of allylic oxidation sites excluding steroid dienone is 8. The van der Waals surface area contributed by atoms with Crippen LogP contribution in [0.5, 0.6) is 0 Å². The molecule has 0 atom stereocenters. The summed E-state index contributed by atoms with van der Waals surface area (Å²) in [6.07, 6.45) is 27.3. The van der Waals surface area contributed by atoms with Crippen molar-refractivity contribution < 1.29 is 58.3 Å². The van der Waals surface area contributed by atoms with Gasteiger partial charge in [-0.3, -0.25) is 21.7 Å². The third-order valence-corrected chi connectivity index (χ3v) is 9.56. The van der Waals surface area contributed by atoms with Crippen molar-refractivity contribution in [2.24, 2.45) is 10.8 Å². The van der Waals surface area contributed by atoms with Gasteiger partial charge in [-0.1, -0.05) is 81.1 Å². The average molecular weight is 887 g/mol. The van der Waals surface area contributed by atoms with E-state index in [-0.39, 0.29) is 57.7 Å². The molecule has 0 aliphatic heterocycles. The number of hydrogen-bond acceptors (Lipinski definition) is 4. The molecule has 11 heteroatoms. The molecular formula is C50H70F4N2O4Ti. The number of halogens is 4. The Balaban J connectivity index is 0.000000940. The number of amides is 2. The van der Waals surface area contributed by atoms with Gasteiger partial charge in [0.1, 0.15) is 0 Å². The Bertz CT molecular complexity index is 1500. The topological polar surface area (TPSA) is 59.1 Å². The van der Waals surface area contributed by atoms with Crippen molar-refractivity contribution in [2.45, 2.75) is 133 Å². The second kappa shape index (κ2) is 33.3. The van der Waals surface area contributed by atoms with Gasteiger partial charge in [0.2, 0.25) is 11.8 Å². The zero-order valence-corrected chi connectivity index (χ0v) is 39.6. The van der Waals surface area contributed by atoms with E-state index in [4.69, 9.17) is 9.47 Å². The van der Waals surface area contributed by atoms with E-state index < -0.39 is 34.1 Å². The first-order valence-electron chi connectivity index (χ1n) is 21.5. The molecule has 2 aromatic rings. The fourth-order valence-corrected chi connectivity index (χ4v) is 6.15. The van der Waals surface area contributed by atoms with Crippen LogP contribution in [-0.2, 0) is 53.9 Å². The first-order chi connectivity index (χ1) is 28.6. The molecule has 0 fully saturated rings. The van der Waals surface area contributed by atoms with Crippen molar-refractivity contribution in [3.63, 3.8) is 0 Å². The minimum absolute atomic E-state index is 0. The molecule has 2 aliphatic rings. The molecular weight excluding hydrogens is 816 g/mol. The van der Waals surface area contributed by atoms with Crippen LogP contribution in [0, 0.1) is 58.4 Å². The molecule has 0 heterocycles. The molecule has 0 unspecified atom stereocenters. The fraction of sp³-hybridized carbons (Fsp3) is 0.560. The van der Waals surface area contributed by atoms with Crippen molar-refractivity contribution in [1.29, 1.82) is 0 Å². The standard InChI is InChI=1S/2C20H30F2NO2.2C5H5.Ti/c2*1-5-7-12-25-13-11-23(19(24)20(3,4)10-6-2)15-16-8-9-17(21)14-18(16)22;2*1-2-4-5-3-1;/h2*8-9H,5-7,10-13,15H2,1-4H3;2*1-3H,4H2;/q4*-1;+4. The van der Waals surface area contributed by atoms with Crippen LogP contribution in [0.15, 0.2) is 60.7 Å². The molecule has 0 radical (unpaired) electrons. The predicted molar refractivity (Wildman–Crippen MR) is 233 cm³/mol. The molecule has 61 heavy (non-hydrogen) atoms. The number of unbranched alkanes of at least 4 members (excludes halogenated alkanes) is 2. The van der Waals surface area contributed by atoms with Crippen LogP contribution in [-0.4, -0.2) is 61.1 Å². The van der Waals surface area contributed by atoms with E-state index in [9.17, 15) is 27.2 Å². The van der Waals surface area contributed by atoms with Gasteiger partial charge in [0.05, 0.1) is 13.2 Å². The van der Waals surface area contributed by atoms with Gasteiger partial charge in [-0.15, -0.1) is 48.2 Å². The molecule has 2 amide bonds. The monoisotopic (exact) mass is 886 g/mol. The zero-order valence-electron chi connectivity index (χ0n) is 38.0. The number of carbonyl (C=O) groups is 2. The zero-order chi connectivity index (χ0) is 44.8. The molecule has 0 saturated heterocycles. The van der Waals surface area contributed by atoms with Crippen LogP contribution in [0.25, 0.3) is 0 Å². The molecule has 4 rings (SSSR count). The van der Waals surface area contributed by atoms with E-state index >= 15 is 0 Å². The van der Waals surface area contributed by atoms with Gasteiger partial charge in [-0.05, 0) is 25.7 Å². The van der Waals surface area contributed by atoms with Gasteiger partial charge < -0.3 is 19.3 Å². The summed E-state index contributed by atoms with van der Waals surface area (Å²) in [5, 5.41) is 0. The second-order valence-electron chi connectivity index (χ2n) is 16.0. The summed E-state index contributed by atoms with van der Waals surface area (Å²) < 4.78 is 65.1. The summed E-state index contributed by atoms with van der Waals surface area (Å²) in [6, 6.07) is 9.12. The van der Waals surface area contributed by atoms with Gasteiger partial charge >= 0.3 is 21.7 Å². The number of benzene rings is 2. The number of rotatable bonds is 22. The Hall–Kier alpha value is -3.31. The van der Waals surface area contributed by atoms with Crippen molar-refractivity contribution in [3.8, 4) is 0 Å². The third-order valence-electron chi connectivity index (χ3n) is 9.56. The van der Waals surface area contributed by atoms with Gasteiger partial charge in [0.25, 0.3) is 0 Å². The Morgan fingerprint density at radius 3 is 1.25 bits per heavy atom. The maximum absolute atomic E-state index is 13.9. The Morgan fingerprint density at radius 1 is 0.607 bits per heavy atom. The van der Waals surface area contributed by atoms with E-state index in [2.05, 4.69) is 38.2 Å². The van der Waals surface area contributed by atoms with Crippen molar-refractivity contribution in [1.82, 2.24) is 9.80 Å². The SMILES string of the molecule is CCCCOCCN(Cc1ccc(F)[c-]c1F)C(=O)C(C)(C)CCC.CCCCOCCN(Cc1ccc(F)[c-]c1F)C(=O)C(C)(C)CCC.[C-]1=CC=CC1.[C-]1=CC=CC1.[Ti+4]. The Morgan fingerprint density at radius 2 is 0.984 bits per heavy atom. The van der Waals surface area contributed by atoms with Crippen LogP contribution in [0.2, 0.25) is 0 Å². The third kappa shape index (κ3) is 24.8. The average Bonchev–Trinajstić information content (AvgIpc) is 3.99. The number of nitrogens with zero attached hydrogens (tertiary/aromatic N) is 2. The molecule has 0 saturated carbocycles. The van der Waals surface area contributed by atoms with Gasteiger partial charge in [-0.25, -0.2) is 41.9 Å². The Labute approximate surface area is 380 Å². The van der Waals surface area contributed by atoms with Crippen LogP contribution in [0.3, 0.4) is 0 Å². The fourth-order valence-electron chi connectivity index (χ4n) is 6.15. The van der Waals surface area contributed by atoms with E-state index in [1.54, 1.807) is 9.80 Å². The van der Waals surface area contributed by atoms with Gasteiger partial charge in [-0.2, -0.15) is 24.3 Å². The minimum Gasteiger partial charge on any atom is -0.380 e. The largest absolute Gasteiger partial charge is 4.00 e. The van der Waals surface area contributed by atoms with Gasteiger partial charge in [0, 0.05) is 73.5 Å². The van der Waals surface area contributed by atoms with Crippen molar-refractivity contribution >= 4 is 11.8 Å². The van der Waals surface area contributed by atoms with Crippen molar-refractivity contribution in [3.05, 3.63) is 119 Å². The molecule has 2 aliphatic carbocycles. The summed E-state index contributed by atoms with van der Waals surface area (Å²) in [6.45, 7) is 18.9. The molecule has 336 valence electrons. The smallest absolute Gasteiger partial charge is 0.380 e. The number of hydrogen-bond donors (Lipinski definition) is 0.